The van der Waals surface area contributed by atoms with Crippen molar-refractivity contribution in [3.05, 3.63) is 72.6 Å². The Morgan fingerprint density at radius 3 is 2.61 bits per heavy atom. The maximum Gasteiger partial charge on any atom is 0.234 e. The molecule has 0 aliphatic heterocycles. The van der Waals surface area contributed by atoms with Crippen LogP contribution in [0.3, 0.4) is 0 Å². The lowest BCUT2D eigenvalue weighted by atomic mass is 10.1. The van der Waals surface area contributed by atoms with Gasteiger partial charge in [0.05, 0.1) is 23.6 Å². The highest BCUT2D eigenvalue weighted by molar-refractivity contribution is 8.00. The minimum Gasteiger partial charge on any atom is -0.494 e. The molecule has 0 bridgehead atoms. The molecule has 6 nitrogen and oxygen atoms in total. The number of anilines is 1. The van der Waals surface area contributed by atoms with Crippen LogP contribution in [0.1, 0.15) is 32.3 Å². The van der Waals surface area contributed by atoms with E-state index in [9.17, 15) is 4.79 Å². The summed E-state index contributed by atoms with van der Waals surface area (Å²) in [5, 5.41) is 8.40. The van der Waals surface area contributed by atoms with E-state index in [2.05, 4.69) is 34.5 Å². The predicted octanol–water partition coefficient (Wildman–Crippen LogP) is 5.87. The van der Waals surface area contributed by atoms with Crippen molar-refractivity contribution in [2.24, 2.45) is 0 Å². The Balaban J connectivity index is 1.40. The van der Waals surface area contributed by atoms with Crippen LogP contribution < -0.4 is 10.1 Å². The van der Waals surface area contributed by atoms with Crippen molar-refractivity contribution in [1.82, 2.24) is 14.6 Å². The first-order valence-corrected chi connectivity index (χ1v) is 12.2. The number of carbonyl (C=O) groups is 1. The third kappa shape index (κ3) is 5.93. The van der Waals surface area contributed by atoms with Crippen LogP contribution in [0.15, 0.2) is 72.0 Å². The SMILES string of the molecule is CCCCc1ccc(NC(=O)CSc2nccn3nc(-c4ccc(OCC)cc4)cc23)cc1. The molecule has 0 saturated heterocycles. The van der Waals surface area contributed by atoms with Crippen LogP contribution in [-0.4, -0.2) is 32.9 Å². The van der Waals surface area contributed by atoms with Crippen molar-refractivity contribution in [2.75, 3.05) is 17.7 Å². The number of aromatic nitrogens is 3. The van der Waals surface area contributed by atoms with E-state index in [1.807, 2.05) is 55.6 Å². The van der Waals surface area contributed by atoms with Crippen LogP contribution >= 0.6 is 11.8 Å². The molecule has 2 aromatic heterocycles. The van der Waals surface area contributed by atoms with Crippen molar-refractivity contribution < 1.29 is 9.53 Å². The summed E-state index contributed by atoms with van der Waals surface area (Å²) in [6.07, 6.45) is 6.94. The Morgan fingerprint density at radius 1 is 1.09 bits per heavy atom. The minimum atomic E-state index is -0.0589. The van der Waals surface area contributed by atoms with Crippen LogP contribution in [0.5, 0.6) is 5.75 Å². The second kappa shape index (κ2) is 11.0. The van der Waals surface area contributed by atoms with Gasteiger partial charge in [0.25, 0.3) is 0 Å². The molecule has 0 aliphatic rings. The van der Waals surface area contributed by atoms with Crippen molar-refractivity contribution in [3.8, 4) is 17.0 Å². The van der Waals surface area contributed by atoms with Gasteiger partial charge in [-0.2, -0.15) is 5.10 Å². The number of fused-ring (bicyclic) bond motifs is 1. The Kier molecular flexibility index (Phi) is 7.62. The Bertz CT molecular complexity index is 1200. The zero-order valence-corrected chi connectivity index (χ0v) is 19.8. The first kappa shape index (κ1) is 22.9. The number of hydrogen-bond acceptors (Lipinski definition) is 5. The summed E-state index contributed by atoms with van der Waals surface area (Å²) in [6, 6.07) is 18.0. The monoisotopic (exact) mass is 460 g/mol. The van der Waals surface area contributed by atoms with Gasteiger partial charge in [-0.05, 0) is 67.8 Å². The molecule has 1 N–H and O–H groups in total. The van der Waals surface area contributed by atoms with E-state index in [-0.39, 0.29) is 11.7 Å². The fourth-order valence-corrected chi connectivity index (χ4v) is 4.28. The van der Waals surface area contributed by atoms with E-state index in [0.29, 0.717) is 6.61 Å². The number of benzene rings is 2. The number of thioether (sulfide) groups is 1. The molecule has 4 aromatic rings. The Morgan fingerprint density at radius 2 is 1.88 bits per heavy atom. The molecule has 0 saturated carbocycles. The molecule has 0 radical (unpaired) electrons. The minimum absolute atomic E-state index is 0.0589. The maximum absolute atomic E-state index is 12.5. The first-order chi connectivity index (χ1) is 16.2. The quantitative estimate of drug-likeness (QED) is 0.300. The van der Waals surface area contributed by atoms with Crippen molar-refractivity contribution in [3.63, 3.8) is 0 Å². The lowest BCUT2D eigenvalue weighted by molar-refractivity contribution is -0.113. The van der Waals surface area contributed by atoms with Gasteiger partial charge in [-0.15, -0.1) is 0 Å². The highest BCUT2D eigenvalue weighted by Gasteiger charge is 2.12. The molecule has 2 aromatic carbocycles. The highest BCUT2D eigenvalue weighted by Crippen LogP contribution is 2.27. The summed E-state index contributed by atoms with van der Waals surface area (Å²) < 4.78 is 7.32. The summed E-state index contributed by atoms with van der Waals surface area (Å²) in [7, 11) is 0. The van der Waals surface area contributed by atoms with E-state index in [1.54, 1.807) is 10.7 Å². The summed E-state index contributed by atoms with van der Waals surface area (Å²) in [6.45, 7) is 4.79. The number of amides is 1. The molecule has 1 amide bonds. The summed E-state index contributed by atoms with van der Waals surface area (Å²) >= 11 is 1.41. The van der Waals surface area contributed by atoms with Crippen LogP contribution in [0.25, 0.3) is 16.8 Å². The number of nitrogens with zero attached hydrogens (tertiary/aromatic N) is 3. The zero-order chi connectivity index (χ0) is 23.0. The number of aryl methyl sites for hydroxylation is 1. The molecule has 0 atom stereocenters. The number of rotatable bonds is 10. The van der Waals surface area contributed by atoms with Crippen LogP contribution in [0.2, 0.25) is 0 Å². The van der Waals surface area contributed by atoms with Gasteiger partial charge in [0, 0.05) is 23.6 Å². The van der Waals surface area contributed by atoms with Gasteiger partial charge in [-0.25, -0.2) is 9.50 Å². The van der Waals surface area contributed by atoms with Crippen LogP contribution in [0, 0.1) is 0 Å². The first-order valence-electron chi connectivity index (χ1n) is 11.3. The topological polar surface area (TPSA) is 68.5 Å². The van der Waals surface area contributed by atoms with E-state index in [1.165, 1.54) is 30.2 Å². The molecular formula is C26H28N4O2S. The van der Waals surface area contributed by atoms with E-state index >= 15 is 0 Å². The molecule has 0 fully saturated rings. The summed E-state index contributed by atoms with van der Waals surface area (Å²) in [5.41, 5.74) is 4.83. The number of nitrogens with one attached hydrogen (secondary N) is 1. The van der Waals surface area contributed by atoms with E-state index < -0.39 is 0 Å². The average molecular weight is 461 g/mol. The van der Waals surface area contributed by atoms with Gasteiger partial charge >= 0.3 is 0 Å². The second-order valence-electron chi connectivity index (χ2n) is 7.69. The van der Waals surface area contributed by atoms with Gasteiger partial charge in [0.15, 0.2) is 0 Å². The summed E-state index contributed by atoms with van der Waals surface area (Å²) in [5.74, 6) is 1.05. The molecule has 33 heavy (non-hydrogen) atoms. The molecular weight excluding hydrogens is 432 g/mol. The van der Waals surface area contributed by atoms with Crippen molar-refractivity contribution >= 4 is 28.9 Å². The Labute approximate surface area is 198 Å². The third-order valence-corrected chi connectivity index (χ3v) is 6.21. The Hall–Kier alpha value is -3.32. The summed E-state index contributed by atoms with van der Waals surface area (Å²) in [4.78, 5) is 17.0. The predicted molar refractivity (Wildman–Crippen MR) is 134 cm³/mol. The molecule has 0 spiro atoms. The fraction of sp³-hybridized carbons (Fsp3) is 0.269. The molecule has 170 valence electrons. The molecule has 0 unspecified atom stereocenters. The number of hydrogen-bond donors (Lipinski definition) is 1. The third-order valence-electron chi connectivity index (χ3n) is 5.21. The van der Waals surface area contributed by atoms with Crippen LogP contribution in [-0.2, 0) is 11.2 Å². The number of unbranched alkanes of at least 4 members (excludes halogenated alkanes) is 1. The van der Waals surface area contributed by atoms with Gasteiger partial charge in [0.2, 0.25) is 5.91 Å². The second-order valence-corrected chi connectivity index (χ2v) is 8.65. The van der Waals surface area contributed by atoms with Crippen molar-refractivity contribution in [2.45, 2.75) is 38.1 Å². The largest absolute Gasteiger partial charge is 0.494 e. The standard InChI is InChI=1S/C26H28N4O2S/c1-3-5-6-19-7-11-21(12-8-19)28-25(31)18-33-26-24-17-23(29-30(24)16-15-27-26)20-9-13-22(14-10-20)32-4-2/h7-17H,3-6,18H2,1-2H3,(H,28,31). The molecule has 7 heteroatoms. The lowest BCUT2D eigenvalue weighted by Gasteiger charge is -2.07. The van der Waals surface area contributed by atoms with Crippen LogP contribution in [0.4, 0.5) is 5.69 Å². The maximum atomic E-state index is 12.5. The normalized spacial score (nSPS) is 11.0. The van der Waals surface area contributed by atoms with Gasteiger partial charge in [0.1, 0.15) is 10.8 Å². The molecule has 2 heterocycles. The lowest BCUT2D eigenvalue weighted by Crippen LogP contribution is -2.14. The zero-order valence-electron chi connectivity index (χ0n) is 19.0. The van der Waals surface area contributed by atoms with Gasteiger partial charge in [-0.1, -0.05) is 37.2 Å². The number of ether oxygens (including phenoxy) is 1. The van der Waals surface area contributed by atoms with E-state index in [4.69, 9.17) is 4.74 Å². The molecule has 0 aliphatic carbocycles. The number of carbonyl (C=O) groups excluding carboxylic acids is 1. The fourth-order valence-electron chi connectivity index (χ4n) is 3.51. The van der Waals surface area contributed by atoms with Crippen molar-refractivity contribution in [1.29, 1.82) is 0 Å². The van der Waals surface area contributed by atoms with Gasteiger partial charge in [-0.3, -0.25) is 4.79 Å². The van der Waals surface area contributed by atoms with Gasteiger partial charge < -0.3 is 10.1 Å². The molecule has 4 rings (SSSR count). The average Bonchev–Trinajstić information content (AvgIpc) is 3.28. The highest BCUT2D eigenvalue weighted by atomic mass is 32.2. The smallest absolute Gasteiger partial charge is 0.234 e. The van der Waals surface area contributed by atoms with E-state index in [0.717, 1.165) is 39.7 Å².